The Bertz CT molecular complexity index is 510. The maximum absolute atomic E-state index is 12.7. The van der Waals surface area contributed by atoms with Crippen molar-refractivity contribution in [1.29, 1.82) is 0 Å². The monoisotopic (exact) mass is 304 g/mol. The predicted molar refractivity (Wildman–Crippen MR) is 70.1 cm³/mol. The number of aryl methyl sites for hydroxylation is 1. The largest absolute Gasteiger partial charge is 0.406 e. The van der Waals surface area contributed by atoms with Gasteiger partial charge in [-0.15, -0.1) is 0 Å². The second-order valence-electron chi connectivity index (χ2n) is 5.58. The Labute approximate surface area is 120 Å². The van der Waals surface area contributed by atoms with Gasteiger partial charge in [-0.2, -0.15) is 18.3 Å². The van der Waals surface area contributed by atoms with E-state index in [0.29, 0.717) is 5.56 Å². The zero-order valence-corrected chi connectivity index (χ0v) is 12.0. The highest BCUT2D eigenvalue weighted by molar-refractivity contribution is 5.83. The first-order chi connectivity index (χ1) is 9.69. The summed E-state index contributed by atoms with van der Waals surface area (Å²) in [6.07, 6.45) is 0.204. The third-order valence-corrected chi connectivity index (χ3v) is 3.78. The standard InChI is InChI=1S/C13H19F3N4O/c1-8(9-3-4-9)20(7-13(14,15)16)12(21)11(17)10-5-18-19(2)6-10/h5-6,8-9,11H,3-4,7,17H2,1-2H3. The van der Waals surface area contributed by atoms with Crippen LogP contribution in [-0.4, -0.2) is 39.4 Å². The van der Waals surface area contributed by atoms with Crippen LogP contribution in [0, 0.1) is 5.92 Å². The average molecular weight is 304 g/mol. The summed E-state index contributed by atoms with van der Waals surface area (Å²) in [6.45, 7) is 0.384. The van der Waals surface area contributed by atoms with Crippen molar-refractivity contribution in [2.45, 2.75) is 38.0 Å². The van der Waals surface area contributed by atoms with Crippen LogP contribution in [0.2, 0.25) is 0 Å². The molecule has 2 N–H and O–H groups in total. The summed E-state index contributed by atoms with van der Waals surface area (Å²) in [7, 11) is 1.65. The third-order valence-electron chi connectivity index (χ3n) is 3.78. The van der Waals surface area contributed by atoms with E-state index in [1.165, 1.54) is 17.1 Å². The van der Waals surface area contributed by atoms with E-state index in [9.17, 15) is 18.0 Å². The minimum atomic E-state index is -4.44. The molecule has 0 radical (unpaired) electrons. The first kappa shape index (κ1) is 15.8. The molecule has 1 aliphatic carbocycles. The molecule has 8 heteroatoms. The van der Waals surface area contributed by atoms with Crippen LogP contribution in [0.3, 0.4) is 0 Å². The highest BCUT2D eigenvalue weighted by Gasteiger charge is 2.41. The number of alkyl halides is 3. The van der Waals surface area contributed by atoms with Gasteiger partial charge in [-0.25, -0.2) is 0 Å². The number of carbonyl (C=O) groups is 1. The fourth-order valence-electron chi connectivity index (χ4n) is 2.37. The number of nitrogens with two attached hydrogens (primary N) is 1. The maximum Gasteiger partial charge on any atom is 0.406 e. The second-order valence-corrected chi connectivity index (χ2v) is 5.58. The summed E-state index contributed by atoms with van der Waals surface area (Å²) in [5.74, 6) is -0.572. The predicted octanol–water partition coefficient (Wildman–Crippen LogP) is 1.61. The SMILES string of the molecule is CC(C1CC1)N(CC(F)(F)F)C(=O)C(N)c1cnn(C)c1. The van der Waals surface area contributed by atoms with Gasteiger partial charge in [0.05, 0.1) is 6.20 Å². The number of halogens is 3. The molecular weight excluding hydrogens is 285 g/mol. The Morgan fingerprint density at radius 2 is 2.19 bits per heavy atom. The van der Waals surface area contributed by atoms with Gasteiger partial charge in [0.2, 0.25) is 5.91 Å². The molecule has 1 saturated carbocycles. The lowest BCUT2D eigenvalue weighted by molar-refractivity contribution is -0.166. The molecule has 1 fully saturated rings. The Kier molecular flexibility index (Phi) is 4.27. The van der Waals surface area contributed by atoms with E-state index < -0.39 is 30.7 Å². The summed E-state index contributed by atoms with van der Waals surface area (Å²) in [6, 6.07) is -1.58. The molecule has 0 aromatic carbocycles. The molecule has 1 amide bonds. The zero-order valence-electron chi connectivity index (χ0n) is 12.0. The summed E-state index contributed by atoms with van der Waals surface area (Å²) < 4.78 is 39.6. The van der Waals surface area contributed by atoms with Crippen LogP contribution >= 0.6 is 0 Å². The van der Waals surface area contributed by atoms with Gasteiger partial charge in [-0.05, 0) is 25.7 Å². The van der Waals surface area contributed by atoms with Gasteiger partial charge in [-0.3, -0.25) is 9.48 Å². The number of hydrogen-bond acceptors (Lipinski definition) is 3. The number of rotatable bonds is 5. The molecule has 2 atom stereocenters. The molecule has 1 aromatic heterocycles. The molecule has 2 unspecified atom stereocenters. The minimum absolute atomic E-state index is 0.136. The van der Waals surface area contributed by atoms with Crippen molar-refractivity contribution >= 4 is 5.91 Å². The lowest BCUT2D eigenvalue weighted by atomic mass is 10.1. The molecule has 0 spiro atoms. The van der Waals surface area contributed by atoms with Crippen molar-refractivity contribution in [3.63, 3.8) is 0 Å². The fourth-order valence-corrected chi connectivity index (χ4v) is 2.37. The minimum Gasteiger partial charge on any atom is -0.329 e. The molecule has 118 valence electrons. The van der Waals surface area contributed by atoms with E-state index in [-0.39, 0.29) is 5.92 Å². The van der Waals surface area contributed by atoms with Crippen molar-refractivity contribution < 1.29 is 18.0 Å². The molecule has 1 aromatic rings. The van der Waals surface area contributed by atoms with Crippen LogP contribution in [0.25, 0.3) is 0 Å². The van der Waals surface area contributed by atoms with Gasteiger partial charge in [0.1, 0.15) is 12.6 Å². The molecule has 2 rings (SSSR count). The average Bonchev–Trinajstić information content (AvgIpc) is 3.15. The molecular formula is C13H19F3N4O. The van der Waals surface area contributed by atoms with Crippen LogP contribution in [0.5, 0.6) is 0 Å². The first-order valence-corrected chi connectivity index (χ1v) is 6.80. The second kappa shape index (κ2) is 5.67. The van der Waals surface area contributed by atoms with E-state index in [0.717, 1.165) is 17.7 Å². The van der Waals surface area contributed by atoms with Gasteiger partial charge in [0.25, 0.3) is 0 Å². The van der Waals surface area contributed by atoms with Gasteiger partial charge in [-0.1, -0.05) is 0 Å². The Hall–Kier alpha value is -1.57. The number of nitrogens with zero attached hydrogens (tertiary/aromatic N) is 3. The van der Waals surface area contributed by atoms with Crippen molar-refractivity contribution in [2.24, 2.45) is 18.7 Å². The van der Waals surface area contributed by atoms with Gasteiger partial charge in [0, 0.05) is 24.8 Å². The summed E-state index contributed by atoms with van der Waals surface area (Å²) in [5, 5.41) is 3.89. The van der Waals surface area contributed by atoms with E-state index in [4.69, 9.17) is 5.73 Å². The van der Waals surface area contributed by atoms with Crippen LogP contribution < -0.4 is 5.73 Å². The molecule has 5 nitrogen and oxygen atoms in total. The molecule has 21 heavy (non-hydrogen) atoms. The topological polar surface area (TPSA) is 64.2 Å². The van der Waals surface area contributed by atoms with Crippen LogP contribution in [0.4, 0.5) is 13.2 Å². The molecule has 0 aliphatic heterocycles. The maximum atomic E-state index is 12.7. The van der Waals surface area contributed by atoms with E-state index >= 15 is 0 Å². The zero-order chi connectivity index (χ0) is 15.8. The van der Waals surface area contributed by atoms with E-state index in [1.807, 2.05) is 0 Å². The number of aromatic nitrogens is 2. The molecule has 1 heterocycles. The number of hydrogen-bond donors (Lipinski definition) is 1. The highest BCUT2D eigenvalue weighted by Crippen LogP contribution is 2.36. The van der Waals surface area contributed by atoms with Gasteiger partial charge >= 0.3 is 6.18 Å². The number of carbonyl (C=O) groups excluding carboxylic acids is 1. The first-order valence-electron chi connectivity index (χ1n) is 6.80. The number of amides is 1. The molecule has 1 aliphatic rings. The molecule has 0 bridgehead atoms. The van der Waals surface area contributed by atoms with Crippen molar-refractivity contribution in [2.75, 3.05) is 6.54 Å². The fraction of sp³-hybridized carbons (Fsp3) is 0.692. The van der Waals surface area contributed by atoms with Crippen molar-refractivity contribution in [3.05, 3.63) is 18.0 Å². The van der Waals surface area contributed by atoms with Crippen molar-refractivity contribution in [3.8, 4) is 0 Å². The summed E-state index contributed by atoms with van der Waals surface area (Å²) in [5.41, 5.74) is 6.23. The highest BCUT2D eigenvalue weighted by atomic mass is 19.4. The van der Waals surface area contributed by atoms with Crippen LogP contribution in [0.15, 0.2) is 12.4 Å². The third kappa shape index (κ3) is 3.96. The normalized spacial score (nSPS) is 18.4. The summed E-state index contributed by atoms with van der Waals surface area (Å²) in [4.78, 5) is 13.2. The Morgan fingerprint density at radius 3 is 2.62 bits per heavy atom. The smallest absolute Gasteiger partial charge is 0.329 e. The van der Waals surface area contributed by atoms with Gasteiger partial charge < -0.3 is 10.6 Å². The lowest BCUT2D eigenvalue weighted by Crippen LogP contribution is -2.48. The molecule has 0 saturated heterocycles. The van der Waals surface area contributed by atoms with Crippen molar-refractivity contribution in [1.82, 2.24) is 14.7 Å². The Morgan fingerprint density at radius 1 is 1.57 bits per heavy atom. The quantitative estimate of drug-likeness (QED) is 0.899. The van der Waals surface area contributed by atoms with Gasteiger partial charge in [0.15, 0.2) is 0 Å². The summed E-state index contributed by atoms with van der Waals surface area (Å²) >= 11 is 0. The Balaban J connectivity index is 2.16. The van der Waals surface area contributed by atoms with E-state index in [1.54, 1.807) is 14.0 Å². The van der Waals surface area contributed by atoms with Crippen LogP contribution in [0.1, 0.15) is 31.4 Å². The van der Waals surface area contributed by atoms with E-state index in [2.05, 4.69) is 5.10 Å². The lowest BCUT2D eigenvalue weighted by Gasteiger charge is -2.32. The van der Waals surface area contributed by atoms with Crippen LogP contribution in [-0.2, 0) is 11.8 Å².